The number of aromatic nitrogens is 2. The van der Waals surface area contributed by atoms with Crippen LogP contribution in [-0.2, 0) is 0 Å². The summed E-state index contributed by atoms with van der Waals surface area (Å²) in [6.45, 7) is 2.51. The molecule has 1 heterocycles. The second-order valence-electron chi connectivity index (χ2n) is 5.46. The quantitative estimate of drug-likeness (QED) is 0.524. The first kappa shape index (κ1) is 15.7. The van der Waals surface area contributed by atoms with Crippen LogP contribution >= 0.6 is 0 Å². The third kappa shape index (κ3) is 2.51. The van der Waals surface area contributed by atoms with Crippen molar-refractivity contribution in [2.24, 2.45) is 0 Å². The number of nitro benzene ring substituents is 1. The minimum Gasteiger partial charge on any atom is -0.376 e. The lowest BCUT2D eigenvalue weighted by molar-refractivity contribution is -0.382. The van der Waals surface area contributed by atoms with Gasteiger partial charge in [0.25, 0.3) is 0 Å². The van der Waals surface area contributed by atoms with Gasteiger partial charge < -0.3 is 9.80 Å². The predicted octanol–water partition coefficient (Wildman–Crippen LogP) is 3.36. The number of benzene rings is 2. The van der Waals surface area contributed by atoms with Gasteiger partial charge in [0, 0.05) is 26.3 Å². The zero-order valence-electron chi connectivity index (χ0n) is 13.6. The highest BCUT2D eigenvalue weighted by atomic mass is 16.6. The normalized spacial score (nSPS) is 10.8. The Kier molecular flexibility index (Phi) is 4.03. The molecule has 0 aliphatic carbocycles. The van der Waals surface area contributed by atoms with Crippen LogP contribution in [0.1, 0.15) is 6.92 Å². The second-order valence-corrected chi connectivity index (χ2v) is 5.46. The first-order valence-electron chi connectivity index (χ1n) is 7.48. The van der Waals surface area contributed by atoms with Crippen molar-refractivity contribution in [3.8, 4) is 0 Å². The Morgan fingerprint density at radius 3 is 2.38 bits per heavy atom. The van der Waals surface area contributed by atoms with Crippen LogP contribution in [0.5, 0.6) is 0 Å². The largest absolute Gasteiger partial charge is 0.376 e. The number of hydrogen-bond acceptors (Lipinski definition) is 7. The molecule has 0 N–H and O–H groups in total. The number of hydrogen-bond donors (Lipinski definition) is 0. The van der Waals surface area contributed by atoms with Crippen LogP contribution in [0.2, 0.25) is 0 Å². The molecule has 24 heavy (non-hydrogen) atoms. The molecule has 3 rings (SSSR count). The van der Waals surface area contributed by atoms with Crippen LogP contribution in [-0.4, -0.2) is 35.9 Å². The van der Waals surface area contributed by atoms with Crippen molar-refractivity contribution in [1.82, 2.24) is 10.3 Å². The van der Waals surface area contributed by atoms with Crippen LogP contribution in [0.15, 0.2) is 41.0 Å². The molecule has 2 aromatic carbocycles. The molecule has 0 aliphatic heterocycles. The lowest BCUT2D eigenvalue weighted by Gasteiger charge is -2.24. The summed E-state index contributed by atoms with van der Waals surface area (Å²) < 4.78 is 4.77. The van der Waals surface area contributed by atoms with Gasteiger partial charge in [0.2, 0.25) is 5.52 Å². The van der Waals surface area contributed by atoms with Crippen LogP contribution in [0.25, 0.3) is 11.0 Å². The number of fused-ring (bicyclic) bond motifs is 1. The average molecular weight is 327 g/mol. The fraction of sp³-hybridized carbons (Fsp3) is 0.250. The Bertz CT molecular complexity index is 876. The molecule has 8 heteroatoms. The average Bonchev–Trinajstić information content (AvgIpc) is 3.04. The molecule has 0 amide bonds. The van der Waals surface area contributed by atoms with E-state index in [1.807, 2.05) is 61.2 Å². The third-order valence-corrected chi connectivity index (χ3v) is 3.81. The van der Waals surface area contributed by atoms with E-state index in [9.17, 15) is 10.1 Å². The van der Waals surface area contributed by atoms with E-state index >= 15 is 0 Å². The molecular weight excluding hydrogens is 310 g/mol. The molecule has 8 nitrogen and oxygen atoms in total. The van der Waals surface area contributed by atoms with Gasteiger partial charge in [-0.2, -0.15) is 0 Å². The van der Waals surface area contributed by atoms with E-state index in [1.54, 1.807) is 6.07 Å². The van der Waals surface area contributed by atoms with Gasteiger partial charge in [0.15, 0.2) is 5.52 Å². The van der Waals surface area contributed by atoms with Gasteiger partial charge in [0.05, 0.1) is 10.6 Å². The Hall–Kier alpha value is -3.16. The summed E-state index contributed by atoms with van der Waals surface area (Å²) in [4.78, 5) is 15.0. The maximum atomic E-state index is 11.7. The van der Waals surface area contributed by atoms with E-state index in [-0.39, 0.29) is 11.2 Å². The molecule has 0 saturated heterocycles. The monoisotopic (exact) mass is 327 g/mol. The van der Waals surface area contributed by atoms with Gasteiger partial charge in [-0.3, -0.25) is 10.1 Å². The van der Waals surface area contributed by atoms with Gasteiger partial charge in [-0.1, -0.05) is 18.2 Å². The molecule has 0 saturated carbocycles. The Balaban J connectivity index is 2.33. The summed E-state index contributed by atoms with van der Waals surface area (Å²) in [5, 5.41) is 19.3. The van der Waals surface area contributed by atoms with E-state index in [0.29, 0.717) is 23.4 Å². The highest BCUT2D eigenvalue weighted by Gasteiger charge is 2.29. The van der Waals surface area contributed by atoms with Gasteiger partial charge >= 0.3 is 5.69 Å². The van der Waals surface area contributed by atoms with Crippen LogP contribution in [0.3, 0.4) is 0 Å². The minimum absolute atomic E-state index is 0.109. The first-order chi connectivity index (χ1) is 11.5. The van der Waals surface area contributed by atoms with Crippen molar-refractivity contribution in [2.45, 2.75) is 6.92 Å². The summed E-state index contributed by atoms with van der Waals surface area (Å²) in [6, 6.07) is 11.3. The van der Waals surface area contributed by atoms with Crippen molar-refractivity contribution >= 4 is 33.8 Å². The SMILES string of the molecule is CCN(c1ccccc1)c1cc(N(C)C)c2nonc2c1[N+](=O)[O-]. The molecule has 1 aromatic heterocycles. The van der Waals surface area contributed by atoms with E-state index in [0.717, 1.165) is 5.69 Å². The maximum absolute atomic E-state index is 11.7. The van der Waals surface area contributed by atoms with Crippen molar-refractivity contribution in [3.05, 3.63) is 46.5 Å². The molecular formula is C16H17N5O3. The lowest BCUT2D eigenvalue weighted by atomic mass is 10.1. The summed E-state index contributed by atoms with van der Waals surface area (Å²) in [6.07, 6.45) is 0. The van der Waals surface area contributed by atoms with Crippen LogP contribution < -0.4 is 9.80 Å². The molecule has 0 aliphatic rings. The summed E-state index contributed by atoms with van der Waals surface area (Å²) >= 11 is 0. The van der Waals surface area contributed by atoms with Crippen molar-refractivity contribution in [3.63, 3.8) is 0 Å². The molecule has 0 atom stereocenters. The van der Waals surface area contributed by atoms with Crippen molar-refractivity contribution in [2.75, 3.05) is 30.4 Å². The topological polar surface area (TPSA) is 88.5 Å². The first-order valence-corrected chi connectivity index (χ1v) is 7.48. The third-order valence-electron chi connectivity index (χ3n) is 3.81. The lowest BCUT2D eigenvalue weighted by Crippen LogP contribution is -2.19. The number of nitrogens with zero attached hydrogens (tertiary/aromatic N) is 5. The molecule has 124 valence electrons. The fourth-order valence-corrected chi connectivity index (χ4v) is 2.73. The molecule has 3 aromatic rings. The smallest absolute Gasteiger partial charge is 0.324 e. The number of rotatable bonds is 5. The van der Waals surface area contributed by atoms with Crippen LogP contribution in [0, 0.1) is 10.1 Å². The zero-order valence-corrected chi connectivity index (χ0v) is 13.6. The van der Waals surface area contributed by atoms with E-state index in [2.05, 4.69) is 10.3 Å². The number of nitro groups is 1. The number of para-hydroxylation sites is 1. The van der Waals surface area contributed by atoms with Gasteiger partial charge in [-0.25, -0.2) is 4.63 Å². The van der Waals surface area contributed by atoms with Gasteiger partial charge in [0.1, 0.15) is 5.69 Å². The fourth-order valence-electron chi connectivity index (χ4n) is 2.73. The minimum atomic E-state index is -0.438. The van der Waals surface area contributed by atoms with E-state index < -0.39 is 4.92 Å². The second kappa shape index (κ2) is 6.15. The van der Waals surface area contributed by atoms with Gasteiger partial charge in [-0.15, -0.1) is 0 Å². The standard InChI is InChI=1S/C16H17N5O3/c1-4-20(11-8-6-5-7-9-11)13-10-12(19(2)3)14-15(18-24-17-14)16(13)21(22)23/h5-10H,4H2,1-3H3. The Labute approximate surface area is 138 Å². The summed E-state index contributed by atoms with van der Waals surface area (Å²) in [5.74, 6) is 0. The number of anilines is 3. The highest BCUT2D eigenvalue weighted by Crippen LogP contribution is 2.42. The van der Waals surface area contributed by atoms with Crippen molar-refractivity contribution in [1.29, 1.82) is 0 Å². The zero-order chi connectivity index (χ0) is 17.3. The van der Waals surface area contributed by atoms with E-state index in [4.69, 9.17) is 4.63 Å². The molecule has 0 radical (unpaired) electrons. The molecule has 0 bridgehead atoms. The van der Waals surface area contributed by atoms with E-state index in [1.165, 1.54) is 0 Å². The highest BCUT2D eigenvalue weighted by molar-refractivity contribution is 6.00. The van der Waals surface area contributed by atoms with Gasteiger partial charge in [-0.05, 0) is 35.4 Å². The maximum Gasteiger partial charge on any atom is 0.324 e. The summed E-state index contributed by atoms with van der Waals surface area (Å²) in [7, 11) is 3.69. The van der Waals surface area contributed by atoms with Crippen LogP contribution in [0.4, 0.5) is 22.7 Å². The predicted molar refractivity (Wildman–Crippen MR) is 91.9 cm³/mol. The molecule has 0 unspecified atom stereocenters. The summed E-state index contributed by atoms with van der Waals surface area (Å²) in [5.41, 5.74) is 2.45. The Morgan fingerprint density at radius 2 is 1.79 bits per heavy atom. The molecule has 0 spiro atoms. The Morgan fingerprint density at radius 1 is 1.12 bits per heavy atom. The van der Waals surface area contributed by atoms with Crippen molar-refractivity contribution < 1.29 is 9.55 Å². The molecule has 0 fully saturated rings.